The summed E-state index contributed by atoms with van der Waals surface area (Å²) in [4.78, 5) is 10.6. The summed E-state index contributed by atoms with van der Waals surface area (Å²) >= 11 is 0. The molecule has 0 radical (unpaired) electrons. The van der Waals surface area contributed by atoms with E-state index in [0.29, 0.717) is 6.54 Å². The highest BCUT2D eigenvalue weighted by atomic mass is 16.3. The lowest BCUT2D eigenvalue weighted by atomic mass is 10.1. The molecule has 0 aliphatic heterocycles. The molecule has 0 atom stereocenters. The second-order valence-electron chi connectivity index (χ2n) is 5.03. The van der Waals surface area contributed by atoms with E-state index in [1.54, 1.807) is 26.4 Å². The molecule has 0 aliphatic rings. The molecule has 5 nitrogen and oxygen atoms in total. The molecule has 0 amide bonds. The van der Waals surface area contributed by atoms with Crippen LogP contribution in [-0.4, -0.2) is 38.8 Å². The van der Waals surface area contributed by atoms with Crippen LogP contribution in [-0.2, 0) is 7.05 Å². The number of likely N-dealkylation sites (N-methyl/N-ethyl adjacent to an activating group) is 1. The van der Waals surface area contributed by atoms with Crippen molar-refractivity contribution in [3.63, 3.8) is 0 Å². The van der Waals surface area contributed by atoms with Crippen LogP contribution in [0.1, 0.15) is 13.8 Å². The molecular weight excluding hydrogens is 216 g/mol. The predicted octanol–water partition coefficient (Wildman–Crippen LogP) is 1.18. The highest BCUT2D eigenvalue weighted by Crippen LogP contribution is 2.22. The van der Waals surface area contributed by atoms with E-state index < -0.39 is 5.60 Å². The van der Waals surface area contributed by atoms with Gasteiger partial charge in [-0.2, -0.15) is 0 Å². The van der Waals surface area contributed by atoms with E-state index in [-0.39, 0.29) is 0 Å². The van der Waals surface area contributed by atoms with Crippen LogP contribution in [0.15, 0.2) is 18.6 Å². The zero-order valence-electron chi connectivity index (χ0n) is 10.7. The Morgan fingerprint density at radius 3 is 2.76 bits per heavy atom. The monoisotopic (exact) mass is 234 g/mol. The third-order valence-corrected chi connectivity index (χ3v) is 2.61. The Morgan fingerprint density at radius 2 is 2.12 bits per heavy atom. The van der Waals surface area contributed by atoms with Crippen molar-refractivity contribution in [2.75, 3.05) is 18.5 Å². The number of rotatable bonds is 3. The van der Waals surface area contributed by atoms with E-state index in [9.17, 15) is 5.11 Å². The highest BCUT2D eigenvalue weighted by Gasteiger charge is 2.19. The van der Waals surface area contributed by atoms with Gasteiger partial charge in [0.15, 0.2) is 5.82 Å². The molecule has 0 unspecified atom stereocenters. The van der Waals surface area contributed by atoms with Gasteiger partial charge < -0.3 is 14.6 Å². The maximum Gasteiger partial charge on any atom is 0.156 e. The Balaban J connectivity index is 2.41. The van der Waals surface area contributed by atoms with Crippen LogP contribution in [0.3, 0.4) is 0 Å². The van der Waals surface area contributed by atoms with Crippen LogP contribution in [0.25, 0.3) is 11.0 Å². The second-order valence-corrected chi connectivity index (χ2v) is 5.03. The van der Waals surface area contributed by atoms with E-state index >= 15 is 0 Å². The molecule has 2 heterocycles. The smallest absolute Gasteiger partial charge is 0.156 e. The maximum absolute atomic E-state index is 9.83. The van der Waals surface area contributed by atoms with Crippen molar-refractivity contribution in [3.8, 4) is 0 Å². The van der Waals surface area contributed by atoms with Crippen molar-refractivity contribution in [2.24, 2.45) is 7.05 Å². The SMILES string of the molecule is CN(CC(C)(C)O)c1nccc2c1ncn2C. The fourth-order valence-electron chi connectivity index (χ4n) is 1.98. The topological polar surface area (TPSA) is 54.2 Å². The molecule has 2 aromatic rings. The lowest BCUT2D eigenvalue weighted by Gasteiger charge is -2.26. The molecule has 0 aliphatic carbocycles. The summed E-state index contributed by atoms with van der Waals surface area (Å²) < 4.78 is 1.96. The molecule has 2 aromatic heterocycles. The highest BCUT2D eigenvalue weighted by molar-refractivity contribution is 5.86. The summed E-state index contributed by atoms with van der Waals surface area (Å²) in [5, 5.41) is 9.83. The molecular formula is C12H18N4O. The van der Waals surface area contributed by atoms with E-state index in [2.05, 4.69) is 9.97 Å². The molecule has 0 saturated heterocycles. The largest absolute Gasteiger partial charge is 0.389 e. The Labute approximate surface area is 101 Å². The third kappa shape index (κ3) is 2.39. The van der Waals surface area contributed by atoms with E-state index in [4.69, 9.17) is 0 Å². The average molecular weight is 234 g/mol. The lowest BCUT2D eigenvalue weighted by molar-refractivity contribution is 0.0885. The number of nitrogens with zero attached hydrogens (tertiary/aromatic N) is 4. The van der Waals surface area contributed by atoms with Gasteiger partial charge in [-0.1, -0.05) is 0 Å². The summed E-state index contributed by atoms with van der Waals surface area (Å²) in [5.41, 5.74) is 1.15. The van der Waals surface area contributed by atoms with Crippen molar-refractivity contribution in [1.82, 2.24) is 14.5 Å². The van der Waals surface area contributed by atoms with Crippen molar-refractivity contribution in [2.45, 2.75) is 19.4 Å². The van der Waals surface area contributed by atoms with Crippen molar-refractivity contribution in [3.05, 3.63) is 18.6 Å². The predicted molar refractivity (Wildman–Crippen MR) is 68.1 cm³/mol. The summed E-state index contributed by atoms with van der Waals surface area (Å²) in [6, 6.07) is 1.93. The van der Waals surface area contributed by atoms with Gasteiger partial charge in [-0.3, -0.25) is 0 Å². The molecule has 5 heteroatoms. The van der Waals surface area contributed by atoms with Gasteiger partial charge in [-0.15, -0.1) is 0 Å². The number of aromatic nitrogens is 3. The van der Waals surface area contributed by atoms with Gasteiger partial charge in [0.05, 0.1) is 17.4 Å². The summed E-state index contributed by atoms with van der Waals surface area (Å²) in [5.74, 6) is 0.797. The Bertz CT molecular complexity index is 527. The summed E-state index contributed by atoms with van der Waals surface area (Å²) in [6.07, 6.45) is 3.54. The minimum atomic E-state index is -0.757. The fraction of sp³-hybridized carbons (Fsp3) is 0.500. The molecule has 0 spiro atoms. The number of aliphatic hydroxyl groups is 1. The van der Waals surface area contributed by atoms with Crippen LogP contribution in [0.4, 0.5) is 5.82 Å². The summed E-state index contributed by atoms with van der Waals surface area (Å²) in [6.45, 7) is 4.07. The van der Waals surface area contributed by atoms with Crippen LogP contribution in [0, 0.1) is 0 Å². The van der Waals surface area contributed by atoms with Gasteiger partial charge >= 0.3 is 0 Å². The Kier molecular flexibility index (Phi) is 2.79. The number of pyridine rings is 1. The first-order valence-corrected chi connectivity index (χ1v) is 5.58. The number of anilines is 1. The first-order chi connectivity index (χ1) is 7.88. The number of hydrogen-bond donors (Lipinski definition) is 1. The molecule has 0 bridgehead atoms. The van der Waals surface area contributed by atoms with Gasteiger partial charge in [0.25, 0.3) is 0 Å². The van der Waals surface area contributed by atoms with Gasteiger partial charge in [0, 0.05) is 26.8 Å². The molecule has 0 saturated carbocycles. The van der Waals surface area contributed by atoms with Crippen LogP contribution < -0.4 is 4.90 Å². The third-order valence-electron chi connectivity index (χ3n) is 2.61. The molecule has 17 heavy (non-hydrogen) atoms. The van der Waals surface area contributed by atoms with Crippen molar-refractivity contribution < 1.29 is 5.11 Å². The van der Waals surface area contributed by atoms with E-state index in [1.165, 1.54) is 0 Å². The molecule has 2 rings (SSSR count). The zero-order valence-corrected chi connectivity index (χ0v) is 10.7. The van der Waals surface area contributed by atoms with Crippen molar-refractivity contribution in [1.29, 1.82) is 0 Å². The molecule has 0 fully saturated rings. The number of imidazole rings is 1. The average Bonchev–Trinajstić information content (AvgIpc) is 2.58. The zero-order chi connectivity index (χ0) is 12.6. The summed E-state index contributed by atoms with van der Waals surface area (Å²) in [7, 11) is 3.86. The number of aryl methyl sites for hydroxylation is 1. The van der Waals surface area contributed by atoms with E-state index in [1.807, 2.05) is 29.6 Å². The van der Waals surface area contributed by atoms with Gasteiger partial charge in [0.2, 0.25) is 0 Å². The first-order valence-electron chi connectivity index (χ1n) is 5.58. The quantitative estimate of drug-likeness (QED) is 0.866. The van der Waals surface area contributed by atoms with Gasteiger partial charge in [-0.05, 0) is 19.9 Å². The first kappa shape index (κ1) is 11.9. The number of hydrogen-bond acceptors (Lipinski definition) is 4. The van der Waals surface area contributed by atoms with Gasteiger partial charge in [-0.25, -0.2) is 9.97 Å². The minimum Gasteiger partial charge on any atom is -0.389 e. The van der Waals surface area contributed by atoms with E-state index in [0.717, 1.165) is 16.9 Å². The normalized spacial score (nSPS) is 12.1. The Hall–Kier alpha value is -1.62. The van der Waals surface area contributed by atoms with Crippen molar-refractivity contribution >= 4 is 16.9 Å². The lowest BCUT2D eigenvalue weighted by Crippen LogP contribution is -2.36. The molecule has 1 N–H and O–H groups in total. The fourth-order valence-corrected chi connectivity index (χ4v) is 1.98. The molecule has 0 aromatic carbocycles. The number of fused-ring (bicyclic) bond motifs is 1. The molecule has 92 valence electrons. The Morgan fingerprint density at radius 1 is 1.41 bits per heavy atom. The van der Waals surface area contributed by atoms with Crippen LogP contribution in [0.2, 0.25) is 0 Å². The minimum absolute atomic E-state index is 0.510. The van der Waals surface area contributed by atoms with Crippen LogP contribution >= 0.6 is 0 Å². The van der Waals surface area contributed by atoms with Gasteiger partial charge in [0.1, 0.15) is 5.52 Å². The van der Waals surface area contributed by atoms with Crippen LogP contribution in [0.5, 0.6) is 0 Å². The standard InChI is InChI=1S/C12H18N4O/c1-12(2,17)7-15(3)11-10-9(5-6-13-11)16(4)8-14-10/h5-6,8,17H,7H2,1-4H3. The second kappa shape index (κ2) is 4.00. The maximum atomic E-state index is 9.83.